The number of hydrogen-bond donors (Lipinski definition) is 5. The number of halogens is 2. The summed E-state index contributed by atoms with van der Waals surface area (Å²) in [4.78, 5) is 57.7. The molecule has 5 N–H and O–H groups in total. The van der Waals surface area contributed by atoms with Crippen LogP contribution in [-0.2, 0) is 33.4 Å². The highest BCUT2D eigenvalue weighted by atomic mass is 79.9. The summed E-state index contributed by atoms with van der Waals surface area (Å²) in [6.45, 7) is 13.8. The molecule has 0 radical (unpaired) electrons. The van der Waals surface area contributed by atoms with E-state index in [-0.39, 0.29) is 23.9 Å². The van der Waals surface area contributed by atoms with Gasteiger partial charge >= 0.3 is 5.76 Å². The van der Waals surface area contributed by atoms with Gasteiger partial charge in [-0.05, 0) is 110 Å². The summed E-state index contributed by atoms with van der Waals surface area (Å²) in [6.07, 6.45) is 7.47. The first-order chi connectivity index (χ1) is 32.2. The lowest BCUT2D eigenvalue weighted by atomic mass is 10.0. The number of aromatic nitrogens is 5. The van der Waals surface area contributed by atoms with Crippen LogP contribution in [0.3, 0.4) is 0 Å². The fourth-order valence-corrected chi connectivity index (χ4v) is 10.6. The molecule has 2 saturated heterocycles. The number of oxazole rings is 1. The van der Waals surface area contributed by atoms with Crippen LogP contribution in [0.2, 0.25) is 0 Å². The van der Waals surface area contributed by atoms with Gasteiger partial charge in [0.25, 0.3) is 0 Å². The maximum atomic E-state index is 15.2. The van der Waals surface area contributed by atoms with Gasteiger partial charge in [0.05, 0.1) is 33.5 Å². The molecule has 8 rings (SSSR count). The Morgan fingerprint density at radius 3 is 2.46 bits per heavy atom. The van der Waals surface area contributed by atoms with Crippen LogP contribution in [0.5, 0.6) is 5.75 Å². The molecule has 3 aromatic heterocycles. The monoisotopic (exact) mass is 999 g/mol. The number of fused-ring (bicyclic) bond motifs is 2. The largest absolute Gasteiger partial charge is 0.492 e. The Labute approximate surface area is 396 Å². The lowest BCUT2D eigenvalue weighted by Crippen LogP contribution is -2.44. The van der Waals surface area contributed by atoms with Gasteiger partial charge in [0.15, 0.2) is 5.58 Å². The highest BCUT2D eigenvalue weighted by Gasteiger charge is 2.32. The second-order valence-electron chi connectivity index (χ2n) is 17.1. The van der Waals surface area contributed by atoms with Crippen molar-refractivity contribution in [3.05, 3.63) is 86.6 Å². The van der Waals surface area contributed by atoms with Crippen LogP contribution in [0.25, 0.3) is 22.0 Å². The van der Waals surface area contributed by atoms with Crippen LogP contribution >= 0.6 is 23.1 Å². The van der Waals surface area contributed by atoms with Gasteiger partial charge in [-0.1, -0.05) is 13.8 Å². The van der Waals surface area contributed by atoms with E-state index in [1.54, 1.807) is 25.7 Å². The Kier molecular flexibility index (Phi) is 14.7. The topological polar surface area (TPSA) is 211 Å². The van der Waals surface area contributed by atoms with Gasteiger partial charge in [-0.3, -0.25) is 19.5 Å². The standard InChI is InChI=1S/C47H56BrFN11O6P/c1-6-27-21-35(56-46-53-26-31(48)44(58-46)55-34-10-9-33-30(43(34)67(4,5)64)25-52-41(7-2)54-33)39(65-8-3)24-37(27)59-19-14-29(15-20-59)51-18-17-50-16-13-28-22-40-38(23-32(28)49)60(47(63)66-40)36-11-12-42(61)57-45(36)62/h9-10,21-26,29,36,50-51H,6-8,11-20H2,1-5H3,(H,57,61,62)(H2,53,55,56,58). The molecule has 67 heavy (non-hydrogen) atoms. The molecule has 0 bridgehead atoms. The second-order valence-corrected chi connectivity index (χ2v) is 21.1. The predicted octanol–water partition coefficient (Wildman–Crippen LogP) is 6.86. The summed E-state index contributed by atoms with van der Waals surface area (Å²) in [5.41, 5.74) is 5.24. The maximum Gasteiger partial charge on any atom is 0.420 e. The van der Waals surface area contributed by atoms with Crippen molar-refractivity contribution in [3.63, 3.8) is 0 Å². The fraction of sp³-hybridized carbons (Fsp3) is 0.426. The van der Waals surface area contributed by atoms with Crippen LogP contribution in [-0.4, -0.2) is 95.0 Å². The van der Waals surface area contributed by atoms with Gasteiger partial charge in [0, 0.05) is 86.0 Å². The molecular weight excluding hydrogens is 944 g/mol. The lowest BCUT2D eigenvalue weighted by molar-refractivity contribution is -0.135. The molecule has 1 atom stereocenters. The number of rotatable bonds is 18. The van der Waals surface area contributed by atoms with Crippen molar-refractivity contribution in [2.45, 2.75) is 77.8 Å². The number of nitrogens with one attached hydrogen (secondary N) is 5. The van der Waals surface area contributed by atoms with E-state index >= 15 is 4.39 Å². The van der Waals surface area contributed by atoms with Crippen molar-refractivity contribution >= 4 is 91.0 Å². The average molecular weight is 1000 g/mol. The molecule has 2 fully saturated rings. The third-order valence-corrected chi connectivity index (χ3v) is 14.3. The van der Waals surface area contributed by atoms with Gasteiger partial charge < -0.3 is 39.9 Å². The molecule has 3 aromatic carbocycles. The van der Waals surface area contributed by atoms with Gasteiger partial charge in [0.1, 0.15) is 36.4 Å². The molecule has 0 spiro atoms. The lowest BCUT2D eigenvalue weighted by Gasteiger charge is -2.35. The Morgan fingerprint density at radius 1 is 0.925 bits per heavy atom. The van der Waals surface area contributed by atoms with Crippen molar-refractivity contribution in [2.24, 2.45) is 0 Å². The Balaban J connectivity index is 0.857. The van der Waals surface area contributed by atoms with Crippen LogP contribution in [0.1, 0.15) is 69.4 Å². The second kappa shape index (κ2) is 20.6. The van der Waals surface area contributed by atoms with Crippen LogP contribution in [0.4, 0.5) is 33.2 Å². The van der Waals surface area contributed by atoms with E-state index in [0.717, 1.165) is 77.1 Å². The fourth-order valence-electron chi connectivity index (χ4n) is 8.86. The van der Waals surface area contributed by atoms with Crippen molar-refractivity contribution in [2.75, 3.05) is 68.2 Å². The molecule has 5 heterocycles. The summed E-state index contributed by atoms with van der Waals surface area (Å²) in [6, 6.07) is 10.2. The molecule has 2 amide bonds. The number of anilines is 5. The number of imide groups is 1. The van der Waals surface area contributed by atoms with Crippen molar-refractivity contribution < 1.29 is 27.7 Å². The van der Waals surface area contributed by atoms with Crippen molar-refractivity contribution in [1.29, 1.82) is 0 Å². The Morgan fingerprint density at radius 2 is 1.73 bits per heavy atom. The van der Waals surface area contributed by atoms with Crippen LogP contribution in [0.15, 0.2) is 62.5 Å². The van der Waals surface area contributed by atoms with Gasteiger partial charge in [-0.2, -0.15) is 4.98 Å². The number of piperidine rings is 2. The van der Waals surface area contributed by atoms with Gasteiger partial charge in [0.2, 0.25) is 17.8 Å². The quantitative estimate of drug-likeness (QED) is 0.0339. The molecule has 0 aliphatic carbocycles. The zero-order valence-corrected chi connectivity index (χ0v) is 40.8. The molecule has 2 aliphatic rings. The number of ether oxygens (including phenoxy) is 1. The smallest absolute Gasteiger partial charge is 0.420 e. The summed E-state index contributed by atoms with van der Waals surface area (Å²) in [5, 5.41) is 17.5. The molecule has 17 nitrogen and oxygen atoms in total. The normalized spacial score (nSPS) is 15.9. The van der Waals surface area contributed by atoms with Crippen LogP contribution < -0.4 is 47.3 Å². The predicted molar refractivity (Wildman–Crippen MR) is 263 cm³/mol. The van der Waals surface area contributed by atoms with E-state index in [9.17, 15) is 18.9 Å². The SMILES string of the molecule is CCOc1cc(N2CCC(NCCNCCc3cc4oc(=O)n(C5CCC(=O)NC5=O)c4cc3F)CC2)c(CC)cc1Nc1ncc(Br)c(Nc2ccc3nc(CC)ncc3c2P(C)(C)=O)n1. The molecule has 20 heteroatoms. The molecule has 0 saturated carbocycles. The van der Waals surface area contributed by atoms with E-state index in [1.807, 2.05) is 26.0 Å². The van der Waals surface area contributed by atoms with Crippen LogP contribution in [0, 0.1) is 5.82 Å². The molecule has 354 valence electrons. The van der Waals surface area contributed by atoms with E-state index in [0.29, 0.717) is 77.1 Å². The van der Waals surface area contributed by atoms with Crippen molar-refractivity contribution in [1.82, 2.24) is 40.5 Å². The first-order valence-electron chi connectivity index (χ1n) is 22.8. The van der Waals surface area contributed by atoms with Gasteiger partial charge in [-0.15, -0.1) is 0 Å². The summed E-state index contributed by atoms with van der Waals surface area (Å²) >= 11 is 3.61. The third kappa shape index (κ3) is 10.7. The van der Waals surface area contributed by atoms with E-state index < -0.39 is 36.6 Å². The summed E-state index contributed by atoms with van der Waals surface area (Å²) in [7, 11) is -2.79. The zero-order chi connectivity index (χ0) is 47.4. The Bertz CT molecular complexity index is 2930. The number of carbonyl (C=O) groups is 2. The number of amides is 2. The van der Waals surface area contributed by atoms with E-state index in [1.165, 1.54) is 12.1 Å². The zero-order valence-electron chi connectivity index (χ0n) is 38.3. The van der Waals surface area contributed by atoms with E-state index in [4.69, 9.17) is 14.1 Å². The Hall–Kier alpha value is -5.75. The minimum atomic E-state index is -2.79. The minimum absolute atomic E-state index is 0.0877. The number of benzene rings is 3. The number of aryl methyl sites for hydroxylation is 2. The van der Waals surface area contributed by atoms with Gasteiger partial charge in [-0.25, -0.2) is 24.1 Å². The molecule has 6 aromatic rings. The molecular formula is C47H56BrFN11O6P. The summed E-state index contributed by atoms with van der Waals surface area (Å²) < 4.78 is 42.3. The average Bonchev–Trinajstić information content (AvgIpc) is 3.61. The third-order valence-electron chi connectivity index (χ3n) is 12.2. The highest BCUT2D eigenvalue weighted by molar-refractivity contribution is 9.10. The molecule has 2 aliphatic heterocycles. The first-order valence-corrected chi connectivity index (χ1v) is 26.2. The van der Waals surface area contributed by atoms with E-state index in [2.05, 4.69) is 81.4 Å². The first kappa shape index (κ1) is 47.7. The van der Waals surface area contributed by atoms with Crippen molar-refractivity contribution in [3.8, 4) is 5.75 Å². The number of hydrogen-bond acceptors (Lipinski definition) is 15. The summed E-state index contributed by atoms with van der Waals surface area (Å²) in [5.74, 6) is 0.0259. The maximum absolute atomic E-state index is 15.2. The highest BCUT2D eigenvalue weighted by Crippen LogP contribution is 2.42. The number of nitrogens with zero attached hydrogens (tertiary/aromatic N) is 6. The number of carbonyl (C=O) groups excluding carboxylic acids is 2. The minimum Gasteiger partial charge on any atom is -0.492 e. The molecule has 1 unspecified atom stereocenters.